The zero-order chi connectivity index (χ0) is 20.0. The van der Waals surface area contributed by atoms with Crippen LogP contribution in [0.25, 0.3) is 0 Å². The maximum atomic E-state index is 13.4. The van der Waals surface area contributed by atoms with E-state index in [0.29, 0.717) is 17.1 Å². The number of thiazole rings is 1. The fraction of sp³-hybridized carbons (Fsp3) is 0.250. The molecule has 0 aliphatic carbocycles. The number of aryl methyl sites for hydroxylation is 3. The van der Waals surface area contributed by atoms with Gasteiger partial charge in [-0.2, -0.15) is 0 Å². The van der Waals surface area contributed by atoms with E-state index in [1.165, 1.54) is 22.7 Å². The van der Waals surface area contributed by atoms with E-state index >= 15 is 0 Å². The van der Waals surface area contributed by atoms with Crippen molar-refractivity contribution >= 4 is 45.7 Å². The van der Waals surface area contributed by atoms with E-state index in [-0.39, 0.29) is 11.4 Å². The number of amides is 1. The summed E-state index contributed by atoms with van der Waals surface area (Å²) in [5.41, 5.74) is 1.77. The first kappa shape index (κ1) is 19.0. The Kier molecular flexibility index (Phi) is 4.95. The molecule has 0 saturated carbocycles. The highest BCUT2D eigenvalue weighted by molar-refractivity contribution is 7.14. The highest BCUT2D eigenvalue weighted by Gasteiger charge is 2.45. The molecule has 8 heteroatoms. The van der Waals surface area contributed by atoms with Crippen LogP contribution in [0.5, 0.6) is 0 Å². The number of carbonyl (C=O) groups is 2. The average Bonchev–Trinajstić information content (AvgIpc) is 3.41. The number of aromatic nitrogens is 1. The molecule has 5 nitrogen and oxygen atoms in total. The molecule has 28 heavy (non-hydrogen) atoms. The Morgan fingerprint density at radius 2 is 2.00 bits per heavy atom. The van der Waals surface area contributed by atoms with E-state index in [4.69, 9.17) is 0 Å². The number of nitrogens with zero attached hydrogens (tertiary/aromatic N) is 2. The van der Waals surface area contributed by atoms with E-state index in [1.807, 2.05) is 42.8 Å². The summed E-state index contributed by atoms with van der Waals surface area (Å²) < 4.78 is 0. The maximum Gasteiger partial charge on any atom is 0.290 e. The highest BCUT2D eigenvalue weighted by Crippen LogP contribution is 2.43. The molecule has 0 fully saturated rings. The third kappa shape index (κ3) is 3.11. The van der Waals surface area contributed by atoms with Crippen molar-refractivity contribution in [2.24, 2.45) is 0 Å². The third-order valence-corrected chi connectivity index (χ3v) is 7.72. The normalized spacial score (nSPS) is 17.0. The van der Waals surface area contributed by atoms with Crippen LogP contribution in [-0.2, 0) is 11.3 Å². The topological polar surface area (TPSA) is 70.5 Å². The monoisotopic (exact) mass is 430 g/mol. The van der Waals surface area contributed by atoms with Gasteiger partial charge in [0.25, 0.3) is 5.91 Å². The predicted octanol–water partition coefficient (Wildman–Crippen LogP) is 4.97. The van der Waals surface area contributed by atoms with E-state index < -0.39 is 17.7 Å². The molecular formula is C20H18N2O3S3. The minimum atomic E-state index is -0.594. The number of ketones is 1. The molecular weight excluding hydrogens is 412 g/mol. The number of hydrogen-bond donors (Lipinski definition) is 1. The Morgan fingerprint density at radius 3 is 2.57 bits per heavy atom. The minimum Gasteiger partial charge on any atom is -0.503 e. The molecule has 3 aromatic rings. The molecule has 1 amide bonds. The summed E-state index contributed by atoms with van der Waals surface area (Å²) in [5, 5.41) is 15.4. The van der Waals surface area contributed by atoms with Gasteiger partial charge in [0.15, 0.2) is 5.76 Å². The van der Waals surface area contributed by atoms with Gasteiger partial charge in [0.2, 0.25) is 5.78 Å². The number of aliphatic hydroxyl groups excluding tert-OH is 1. The lowest BCUT2D eigenvalue weighted by atomic mass is 9.98. The van der Waals surface area contributed by atoms with Gasteiger partial charge in [-0.3, -0.25) is 9.59 Å². The van der Waals surface area contributed by atoms with Gasteiger partial charge in [-0.25, -0.2) is 4.98 Å². The van der Waals surface area contributed by atoms with Crippen molar-refractivity contribution in [2.75, 3.05) is 0 Å². The second kappa shape index (κ2) is 7.27. The van der Waals surface area contributed by atoms with Crippen molar-refractivity contribution in [3.63, 3.8) is 0 Å². The molecule has 3 aromatic heterocycles. The largest absolute Gasteiger partial charge is 0.503 e. The molecule has 4 rings (SSSR count). The molecule has 1 unspecified atom stereocenters. The first-order valence-corrected chi connectivity index (χ1v) is 11.2. The van der Waals surface area contributed by atoms with E-state index in [2.05, 4.69) is 4.98 Å². The second-order valence-corrected chi connectivity index (χ2v) is 9.80. The summed E-state index contributed by atoms with van der Waals surface area (Å²) in [6.45, 7) is 5.92. The number of Topliss-reactive ketones (excluding diaryl/α,β-unsaturated/α-hetero) is 1. The lowest BCUT2D eigenvalue weighted by molar-refractivity contribution is -0.129. The van der Waals surface area contributed by atoms with Gasteiger partial charge in [0.05, 0.1) is 27.7 Å². The number of hydrogen-bond acceptors (Lipinski definition) is 7. The molecule has 4 heterocycles. The van der Waals surface area contributed by atoms with Crippen LogP contribution < -0.4 is 0 Å². The van der Waals surface area contributed by atoms with Crippen molar-refractivity contribution in [3.8, 4) is 0 Å². The first-order valence-electron chi connectivity index (χ1n) is 8.67. The number of carbonyl (C=O) groups excluding carboxylic acids is 2. The zero-order valence-electron chi connectivity index (χ0n) is 15.6. The van der Waals surface area contributed by atoms with E-state index in [9.17, 15) is 14.7 Å². The van der Waals surface area contributed by atoms with Gasteiger partial charge in [-0.15, -0.1) is 34.0 Å². The van der Waals surface area contributed by atoms with Crippen molar-refractivity contribution < 1.29 is 14.7 Å². The van der Waals surface area contributed by atoms with Crippen LogP contribution in [0.2, 0.25) is 0 Å². The minimum absolute atomic E-state index is 0.152. The molecule has 0 saturated heterocycles. The highest BCUT2D eigenvalue weighted by atomic mass is 32.1. The smallest absolute Gasteiger partial charge is 0.290 e. The molecule has 1 N–H and O–H groups in total. The van der Waals surface area contributed by atoms with Gasteiger partial charge in [0, 0.05) is 9.75 Å². The molecule has 1 aliphatic rings. The van der Waals surface area contributed by atoms with Gasteiger partial charge in [-0.1, -0.05) is 6.07 Å². The quantitative estimate of drug-likeness (QED) is 0.580. The van der Waals surface area contributed by atoms with Crippen LogP contribution in [0.15, 0.2) is 40.3 Å². The van der Waals surface area contributed by atoms with Gasteiger partial charge in [-0.05, 0) is 49.2 Å². The molecule has 1 aliphatic heterocycles. The Morgan fingerprint density at radius 1 is 1.21 bits per heavy atom. The van der Waals surface area contributed by atoms with Crippen molar-refractivity contribution in [1.82, 2.24) is 9.88 Å². The van der Waals surface area contributed by atoms with Crippen molar-refractivity contribution in [3.05, 3.63) is 71.2 Å². The van der Waals surface area contributed by atoms with Crippen LogP contribution in [0.4, 0.5) is 0 Å². The molecule has 0 aromatic carbocycles. The van der Waals surface area contributed by atoms with E-state index in [0.717, 1.165) is 20.3 Å². The first-order chi connectivity index (χ1) is 13.4. The summed E-state index contributed by atoms with van der Waals surface area (Å²) in [7, 11) is 0. The summed E-state index contributed by atoms with van der Waals surface area (Å²) in [4.78, 5) is 34.6. The van der Waals surface area contributed by atoms with Crippen LogP contribution in [-0.4, -0.2) is 26.7 Å². The number of aliphatic hydroxyl groups is 1. The standard InChI is InChI=1S/C20H18N2O3S3/c1-10-6-8-27-18(10)15-14(16(23)19-11(2)21-12(3)28-19)17(24)20(25)22(15)9-13-5-4-7-26-13/h4-8,15,24H,9H2,1-3H3. The zero-order valence-corrected chi connectivity index (χ0v) is 18.0. The fourth-order valence-corrected chi connectivity index (χ4v) is 6.04. The predicted molar refractivity (Wildman–Crippen MR) is 112 cm³/mol. The SMILES string of the molecule is Cc1nc(C)c(C(=O)C2=C(O)C(=O)N(Cc3cccs3)C2c2sccc2C)s1. The Bertz CT molecular complexity index is 1090. The number of rotatable bonds is 5. The van der Waals surface area contributed by atoms with Crippen molar-refractivity contribution in [2.45, 2.75) is 33.4 Å². The molecule has 144 valence electrons. The molecule has 0 radical (unpaired) electrons. The Labute approximate surface area is 174 Å². The second-order valence-electron chi connectivity index (χ2n) is 6.62. The summed E-state index contributed by atoms with van der Waals surface area (Å²) in [6.07, 6.45) is 0. The van der Waals surface area contributed by atoms with Gasteiger partial charge >= 0.3 is 0 Å². The molecule has 0 bridgehead atoms. The van der Waals surface area contributed by atoms with Gasteiger partial charge in [0.1, 0.15) is 6.04 Å². The fourth-order valence-electron chi connectivity index (χ4n) is 3.42. The lowest BCUT2D eigenvalue weighted by Gasteiger charge is -2.25. The Hall–Kier alpha value is -2.29. The summed E-state index contributed by atoms with van der Waals surface area (Å²) >= 11 is 4.33. The molecule has 0 spiro atoms. The molecule has 1 atom stereocenters. The van der Waals surface area contributed by atoms with Crippen LogP contribution >= 0.6 is 34.0 Å². The maximum absolute atomic E-state index is 13.4. The third-order valence-electron chi connectivity index (χ3n) is 4.71. The summed E-state index contributed by atoms with van der Waals surface area (Å²) in [6, 6.07) is 5.25. The number of thiophene rings is 2. The van der Waals surface area contributed by atoms with Crippen LogP contribution in [0.3, 0.4) is 0 Å². The summed E-state index contributed by atoms with van der Waals surface area (Å²) in [5.74, 6) is -1.28. The van der Waals surface area contributed by atoms with Gasteiger partial charge < -0.3 is 10.0 Å². The van der Waals surface area contributed by atoms with E-state index in [1.54, 1.807) is 23.2 Å². The van der Waals surface area contributed by atoms with Crippen LogP contribution in [0, 0.1) is 20.8 Å². The lowest BCUT2D eigenvalue weighted by Crippen LogP contribution is -2.30. The van der Waals surface area contributed by atoms with Crippen LogP contribution in [0.1, 0.15) is 41.7 Å². The average molecular weight is 431 g/mol. The Balaban J connectivity index is 1.82. The van der Waals surface area contributed by atoms with Crippen molar-refractivity contribution in [1.29, 1.82) is 0 Å².